The summed E-state index contributed by atoms with van der Waals surface area (Å²) in [4.78, 5) is 7.00. The molecule has 0 spiro atoms. The molecule has 0 atom stereocenters. The molecule has 1 aromatic rings. The number of hydrogen-bond donors (Lipinski definition) is 0. The van der Waals surface area contributed by atoms with Crippen LogP contribution < -0.4 is 0 Å². The Labute approximate surface area is 91.8 Å². The second-order valence-electron chi connectivity index (χ2n) is 3.91. The molecule has 4 nitrogen and oxygen atoms in total. The Morgan fingerprint density at radius 1 is 1.50 bits per heavy atom. The molecule has 5 heteroatoms. The Hall–Kier alpha value is -0.420. The molecule has 2 rings (SSSR count). The van der Waals surface area contributed by atoms with Gasteiger partial charge < -0.3 is 9.42 Å². The van der Waals surface area contributed by atoms with E-state index < -0.39 is 0 Å². The molecule has 1 aromatic heterocycles. The summed E-state index contributed by atoms with van der Waals surface area (Å²) in [5.74, 6) is 1.54. The van der Waals surface area contributed by atoms with E-state index in [4.69, 9.17) is 4.52 Å². The molecular weight excluding hydrogens is 246 g/mol. The Morgan fingerprint density at radius 2 is 2.21 bits per heavy atom. The minimum Gasteiger partial charge on any atom is -0.327 e. The van der Waals surface area contributed by atoms with Crippen LogP contribution in [0.1, 0.15) is 18.7 Å². The van der Waals surface area contributed by atoms with Crippen LogP contribution >= 0.6 is 15.9 Å². The van der Waals surface area contributed by atoms with E-state index in [2.05, 4.69) is 38.0 Å². The smallest absolute Gasteiger partial charge is 0.293 e. The fourth-order valence-electron chi connectivity index (χ4n) is 1.84. The van der Waals surface area contributed by atoms with Crippen molar-refractivity contribution in [3.63, 3.8) is 0 Å². The summed E-state index contributed by atoms with van der Waals surface area (Å²) in [7, 11) is 2.17. The normalized spacial score (nSPS) is 20.1. The van der Waals surface area contributed by atoms with Crippen LogP contribution in [0.3, 0.4) is 0 Å². The first-order chi connectivity index (χ1) is 6.74. The highest BCUT2D eigenvalue weighted by atomic mass is 79.9. The molecule has 0 amide bonds. The zero-order chi connectivity index (χ0) is 9.97. The van der Waals surface area contributed by atoms with E-state index in [0.717, 1.165) is 18.2 Å². The molecule has 14 heavy (non-hydrogen) atoms. The summed E-state index contributed by atoms with van der Waals surface area (Å²) in [5.41, 5.74) is 0. The average Bonchev–Trinajstić information content (AvgIpc) is 2.56. The quantitative estimate of drug-likeness (QED) is 0.811. The van der Waals surface area contributed by atoms with Gasteiger partial charge in [-0.2, -0.15) is 4.98 Å². The number of hydrogen-bond acceptors (Lipinski definition) is 4. The van der Waals surface area contributed by atoms with E-state index in [-0.39, 0.29) is 0 Å². The Kier molecular flexibility index (Phi) is 3.18. The van der Waals surface area contributed by atoms with Gasteiger partial charge in [-0.15, -0.1) is 0 Å². The molecule has 2 heterocycles. The minimum atomic E-state index is 0.487. The first-order valence-electron chi connectivity index (χ1n) is 4.90. The summed E-state index contributed by atoms with van der Waals surface area (Å²) in [6.45, 7) is 2.37. The number of rotatable bonds is 2. The molecular formula is C9H14BrN3O. The first kappa shape index (κ1) is 10.1. The van der Waals surface area contributed by atoms with Crippen molar-refractivity contribution in [1.82, 2.24) is 15.0 Å². The van der Waals surface area contributed by atoms with E-state index in [9.17, 15) is 0 Å². The Bertz CT molecular complexity index is 294. The zero-order valence-electron chi connectivity index (χ0n) is 8.24. The van der Waals surface area contributed by atoms with Crippen molar-refractivity contribution in [3.8, 4) is 0 Å². The maximum Gasteiger partial charge on any atom is 0.293 e. The molecule has 1 aliphatic heterocycles. The second kappa shape index (κ2) is 4.40. The van der Waals surface area contributed by atoms with Gasteiger partial charge in [0.05, 0.1) is 0 Å². The maximum absolute atomic E-state index is 4.87. The number of halogens is 1. The van der Waals surface area contributed by atoms with E-state index in [1.807, 2.05) is 0 Å². The van der Waals surface area contributed by atoms with Gasteiger partial charge in [-0.1, -0.05) is 5.16 Å². The molecule has 1 saturated heterocycles. The lowest BCUT2D eigenvalue weighted by atomic mass is 9.94. The molecule has 0 saturated carbocycles. The lowest BCUT2D eigenvalue weighted by Crippen LogP contribution is -2.31. The van der Waals surface area contributed by atoms with Gasteiger partial charge in [0.25, 0.3) is 4.80 Å². The van der Waals surface area contributed by atoms with E-state index in [1.54, 1.807) is 0 Å². The molecule has 78 valence electrons. The topological polar surface area (TPSA) is 42.2 Å². The van der Waals surface area contributed by atoms with Crippen molar-refractivity contribution in [2.45, 2.75) is 19.3 Å². The molecule has 0 aromatic carbocycles. The third-order valence-corrected chi connectivity index (χ3v) is 3.07. The molecule has 0 radical (unpaired) electrons. The van der Waals surface area contributed by atoms with Crippen LogP contribution in [0.4, 0.5) is 0 Å². The summed E-state index contributed by atoms with van der Waals surface area (Å²) in [5, 5.41) is 3.88. The number of nitrogens with zero attached hydrogens (tertiary/aromatic N) is 3. The monoisotopic (exact) mass is 259 g/mol. The summed E-state index contributed by atoms with van der Waals surface area (Å²) in [6, 6.07) is 0. The van der Waals surface area contributed by atoms with Crippen molar-refractivity contribution < 1.29 is 4.52 Å². The van der Waals surface area contributed by atoms with Crippen LogP contribution in [0.5, 0.6) is 0 Å². The van der Waals surface area contributed by atoms with E-state index >= 15 is 0 Å². The molecule has 0 bridgehead atoms. The number of piperidine rings is 1. The van der Waals surface area contributed by atoms with Crippen LogP contribution in [0.15, 0.2) is 9.32 Å². The fraction of sp³-hybridized carbons (Fsp3) is 0.778. The maximum atomic E-state index is 4.87. The molecule has 0 N–H and O–H groups in total. The second-order valence-corrected chi connectivity index (χ2v) is 4.59. The fourth-order valence-corrected chi connectivity index (χ4v) is 2.12. The summed E-state index contributed by atoms with van der Waals surface area (Å²) in [6.07, 6.45) is 3.42. The third-order valence-electron chi connectivity index (χ3n) is 2.75. The van der Waals surface area contributed by atoms with Crippen LogP contribution in [0, 0.1) is 5.92 Å². The van der Waals surface area contributed by atoms with Gasteiger partial charge >= 0.3 is 0 Å². The van der Waals surface area contributed by atoms with Crippen molar-refractivity contribution in [1.29, 1.82) is 0 Å². The van der Waals surface area contributed by atoms with E-state index in [0.29, 0.717) is 4.80 Å². The minimum absolute atomic E-state index is 0.487. The van der Waals surface area contributed by atoms with Crippen LogP contribution in [-0.2, 0) is 6.42 Å². The van der Waals surface area contributed by atoms with Crippen molar-refractivity contribution in [2.75, 3.05) is 20.1 Å². The largest absolute Gasteiger partial charge is 0.327 e. The van der Waals surface area contributed by atoms with Crippen LogP contribution in [-0.4, -0.2) is 35.2 Å². The molecule has 0 aliphatic carbocycles. The van der Waals surface area contributed by atoms with Crippen LogP contribution in [0.25, 0.3) is 0 Å². The predicted molar refractivity (Wildman–Crippen MR) is 55.9 cm³/mol. The predicted octanol–water partition coefficient (Wildman–Crippen LogP) is 1.72. The average molecular weight is 260 g/mol. The Balaban J connectivity index is 1.86. The number of aromatic nitrogens is 2. The standard InChI is InChI=1S/C9H14BrN3O/c1-13-4-2-7(3-5-13)6-8-11-9(10)14-12-8/h7H,2-6H2,1H3. The van der Waals surface area contributed by atoms with Gasteiger partial charge in [0.15, 0.2) is 5.82 Å². The third kappa shape index (κ3) is 2.54. The molecule has 0 unspecified atom stereocenters. The Morgan fingerprint density at radius 3 is 2.79 bits per heavy atom. The van der Waals surface area contributed by atoms with Gasteiger partial charge in [-0.25, -0.2) is 0 Å². The van der Waals surface area contributed by atoms with Gasteiger partial charge in [-0.3, -0.25) is 0 Å². The molecule has 1 aliphatic rings. The van der Waals surface area contributed by atoms with Crippen molar-refractivity contribution in [3.05, 3.63) is 10.6 Å². The SMILES string of the molecule is CN1CCC(Cc2noc(Br)n2)CC1. The summed E-state index contributed by atoms with van der Waals surface area (Å²) >= 11 is 3.16. The first-order valence-corrected chi connectivity index (χ1v) is 5.70. The lowest BCUT2D eigenvalue weighted by molar-refractivity contribution is 0.216. The van der Waals surface area contributed by atoms with Gasteiger partial charge in [-0.05, 0) is 38.9 Å². The summed E-state index contributed by atoms with van der Waals surface area (Å²) < 4.78 is 4.87. The van der Waals surface area contributed by atoms with Crippen LogP contribution in [0.2, 0.25) is 0 Å². The highest BCUT2D eigenvalue weighted by Crippen LogP contribution is 2.20. The highest BCUT2D eigenvalue weighted by Gasteiger charge is 2.18. The lowest BCUT2D eigenvalue weighted by Gasteiger charge is -2.27. The highest BCUT2D eigenvalue weighted by molar-refractivity contribution is 9.10. The number of likely N-dealkylation sites (tertiary alicyclic amines) is 1. The zero-order valence-corrected chi connectivity index (χ0v) is 9.83. The molecule has 1 fully saturated rings. The van der Waals surface area contributed by atoms with Gasteiger partial charge in [0.1, 0.15) is 0 Å². The van der Waals surface area contributed by atoms with Crippen molar-refractivity contribution >= 4 is 15.9 Å². The van der Waals surface area contributed by atoms with E-state index in [1.165, 1.54) is 25.9 Å². The van der Waals surface area contributed by atoms with Crippen molar-refractivity contribution in [2.24, 2.45) is 5.92 Å². The van der Waals surface area contributed by atoms with Gasteiger partial charge in [0, 0.05) is 22.4 Å². The van der Waals surface area contributed by atoms with Gasteiger partial charge in [0.2, 0.25) is 0 Å².